The molecule has 0 saturated carbocycles. The number of benzene rings is 1. The van der Waals surface area contributed by atoms with E-state index in [0.29, 0.717) is 13.1 Å². The molecule has 6 nitrogen and oxygen atoms in total. The highest BCUT2D eigenvalue weighted by atomic mass is 16.6. The van der Waals surface area contributed by atoms with Gasteiger partial charge in [-0.1, -0.05) is 30.3 Å². The minimum atomic E-state index is -0.506. The summed E-state index contributed by atoms with van der Waals surface area (Å²) in [5, 5.41) is 2.91. The lowest BCUT2D eigenvalue weighted by molar-refractivity contribution is -0.147. The number of hydrogen-bond acceptors (Lipinski definition) is 5. The lowest BCUT2D eigenvalue weighted by Gasteiger charge is -2.36. The number of carbonyl (C=O) groups is 2. The maximum atomic E-state index is 12.3. The third-order valence-electron chi connectivity index (χ3n) is 4.16. The highest BCUT2D eigenvalue weighted by molar-refractivity contribution is 5.77. The monoisotopic (exact) mass is 348 g/mol. The van der Waals surface area contributed by atoms with Crippen molar-refractivity contribution in [2.75, 3.05) is 20.2 Å². The van der Waals surface area contributed by atoms with Crippen LogP contribution in [-0.4, -0.2) is 48.8 Å². The Balaban J connectivity index is 1.95. The molecule has 138 valence electrons. The van der Waals surface area contributed by atoms with Gasteiger partial charge < -0.3 is 14.8 Å². The van der Waals surface area contributed by atoms with Crippen molar-refractivity contribution in [2.45, 2.75) is 51.3 Å². The van der Waals surface area contributed by atoms with E-state index >= 15 is 0 Å². The summed E-state index contributed by atoms with van der Waals surface area (Å²) >= 11 is 0. The highest BCUT2D eigenvalue weighted by Crippen LogP contribution is 2.26. The molecule has 0 unspecified atom stereocenters. The molecule has 1 atom stereocenters. The molecule has 1 aromatic rings. The van der Waals surface area contributed by atoms with Crippen molar-refractivity contribution in [1.29, 1.82) is 0 Å². The molecule has 1 aromatic carbocycles. The van der Waals surface area contributed by atoms with Crippen molar-refractivity contribution in [2.24, 2.45) is 0 Å². The van der Waals surface area contributed by atoms with Gasteiger partial charge in [0.2, 0.25) is 0 Å². The summed E-state index contributed by atoms with van der Waals surface area (Å²) in [5.41, 5.74) is 0.418. The first-order valence-corrected chi connectivity index (χ1v) is 8.66. The average Bonchev–Trinajstić information content (AvgIpc) is 2.55. The van der Waals surface area contributed by atoms with Crippen LogP contribution in [0.1, 0.15) is 45.2 Å². The van der Waals surface area contributed by atoms with Gasteiger partial charge in [0.25, 0.3) is 0 Å². The van der Waals surface area contributed by atoms with Gasteiger partial charge in [0.05, 0.1) is 7.11 Å². The molecule has 1 amide bonds. The van der Waals surface area contributed by atoms with Gasteiger partial charge in [-0.3, -0.25) is 4.90 Å². The van der Waals surface area contributed by atoms with Crippen LogP contribution < -0.4 is 5.32 Å². The molecule has 0 radical (unpaired) electrons. The molecule has 2 rings (SSSR count). The predicted molar refractivity (Wildman–Crippen MR) is 95.2 cm³/mol. The standard InChI is InChI=1S/C19H28N2O4/c1-19(2,3)25-18(23)20-15-10-12-21(13-11-15)16(17(22)24-4)14-8-6-5-7-9-14/h5-9,15-16H,10-13H2,1-4H3,(H,20,23)/t16-/m1/s1. The van der Waals surface area contributed by atoms with Crippen LogP contribution in [0.2, 0.25) is 0 Å². The summed E-state index contributed by atoms with van der Waals surface area (Å²) in [7, 11) is 1.41. The lowest BCUT2D eigenvalue weighted by Crippen LogP contribution is -2.48. The molecule has 25 heavy (non-hydrogen) atoms. The zero-order valence-corrected chi connectivity index (χ0v) is 15.5. The van der Waals surface area contributed by atoms with E-state index in [1.807, 2.05) is 51.1 Å². The first-order valence-electron chi connectivity index (χ1n) is 8.66. The van der Waals surface area contributed by atoms with Crippen molar-refractivity contribution in [1.82, 2.24) is 10.2 Å². The minimum Gasteiger partial charge on any atom is -0.468 e. The van der Waals surface area contributed by atoms with Gasteiger partial charge in [-0.25, -0.2) is 9.59 Å². The van der Waals surface area contributed by atoms with E-state index in [-0.39, 0.29) is 12.0 Å². The van der Waals surface area contributed by atoms with E-state index in [1.54, 1.807) is 0 Å². The number of piperidine rings is 1. The van der Waals surface area contributed by atoms with E-state index in [9.17, 15) is 9.59 Å². The number of alkyl carbamates (subject to hydrolysis) is 1. The summed E-state index contributed by atoms with van der Waals surface area (Å²) in [6.45, 7) is 6.94. The van der Waals surface area contributed by atoms with Crippen molar-refractivity contribution in [3.63, 3.8) is 0 Å². The number of rotatable bonds is 4. The number of nitrogens with one attached hydrogen (secondary N) is 1. The van der Waals surface area contributed by atoms with Gasteiger partial charge in [-0.2, -0.15) is 0 Å². The zero-order valence-electron chi connectivity index (χ0n) is 15.5. The molecule has 1 heterocycles. The maximum Gasteiger partial charge on any atom is 0.407 e. The van der Waals surface area contributed by atoms with E-state index in [4.69, 9.17) is 9.47 Å². The van der Waals surface area contributed by atoms with Crippen LogP contribution in [0.25, 0.3) is 0 Å². The largest absolute Gasteiger partial charge is 0.468 e. The highest BCUT2D eigenvalue weighted by Gasteiger charge is 2.32. The van der Waals surface area contributed by atoms with E-state index in [0.717, 1.165) is 18.4 Å². The molecule has 0 aromatic heterocycles. The van der Waals surface area contributed by atoms with Crippen LogP contribution in [0.4, 0.5) is 4.79 Å². The second-order valence-electron chi connectivity index (χ2n) is 7.29. The van der Waals surface area contributed by atoms with Crippen LogP contribution >= 0.6 is 0 Å². The molecule has 1 fully saturated rings. The summed E-state index contributed by atoms with van der Waals surface area (Å²) in [4.78, 5) is 26.3. The van der Waals surface area contributed by atoms with Crippen LogP contribution in [0.15, 0.2) is 30.3 Å². The van der Waals surface area contributed by atoms with Crippen LogP contribution in [-0.2, 0) is 14.3 Å². The van der Waals surface area contributed by atoms with E-state index < -0.39 is 17.7 Å². The number of esters is 1. The third-order valence-corrected chi connectivity index (χ3v) is 4.16. The van der Waals surface area contributed by atoms with Crippen LogP contribution in [0.3, 0.4) is 0 Å². The molecule has 1 aliphatic heterocycles. The number of likely N-dealkylation sites (tertiary alicyclic amines) is 1. The fourth-order valence-corrected chi connectivity index (χ4v) is 3.02. The average molecular weight is 348 g/mol. The molecular weight excluding hydrogens is 320 g/mol. The number of hydrogen-bond donors (Lipinski definition) is 1. The number of methoxy groups -OCH3 is 1. The second kappa shape index (κ2) is 8.34. The Morgan fingerprint density at radius 2 is 1.76 bits per heavy atom. The molecular formula is C19H28N2O4. The Hall–Kier alpha value is -2.08. The number of amides is 1. The number of nitrogens with zero attached hydrogens (tertiary/aromatic N) is 1. The second-order valence-corrected chi connectivity index (χ2v) is 7.29. The Kier molecular flexibility index (Phi) is 6.42. The van der Waals surface area contributed by atoms with Crippen molar-refractivity contribution < 1.29 is 19.1 Å². The summed E-state index contributed by atoms with van der Waals surface area (Å²) in [5.74, 6) is -0.259. The Morgan fingerprint density at radius 1 is 1.16 bits per heavy atom. The molecule has 1 N–H and O–H groups in total. The lowest BCUT2D eigenvalue weighted by atomic mass is 9.99. The minimum absolute atomic E-state index is 0.0557. The van der Waals surface area contributed by atoms with Gasteiger partial charge in [0, 0.05) is 19.1 Å². The van der Waals surface area contributed by atoms with Gasteiger partial charge in [-0.15, -0.1) is 0 Å². The fraction of sp³-hybridized carbons (Fsp3) is 0.579. The molecule has 1 saturated heterocycles. The van der Waals surface area contributed by atoms with Crippen molar-refractivity contribution >= 4 is 12.1 Å². The molecule has 0 spiro atoms. The SMILES string of the molecule is COC(=O)[C@@H](c1ccccc1)N1CCC(NC(=O)OC(C)(C)C)CC1. The van der Waals surface area contributed by atoms with Crippen molar-refractivity contribution in [3.8, 4) is 0 Å². The van der Waals surface area contributed by atoms with E-state index in [2.05, 4.69) is 10.2 Å². The smallest absolute Gasteiger partial charge is 0.407 e. The fourth-order valence-electron chi connectivity index (χ4n) is 3.02. The van der Waals surface area contributed by atoms with Crippen molar-refractivity contribution in [3.05, 3.63) is 35.9 Å². The Labute approximate surface area is 149 Å². The molecule has 1 aliphatic rings. The third kappa shape index (κ3) is 5.74. The first-order chi connectivity index (χ1) is 11.8. The summed E-state index contributed by atoms with van der Waals surface area (Å²) < 4.78 is 10.3. The van der Waals surface area contributed by atoms with Crippen LogP contribution in [0.5, 0.6) is 0 Å². The topological polar surface area (TPSA) is 67.9 Å². The van der Waals surface area contributed by atoms with Gasteiger partial charge >= 0.3 is 12.1 Å². The van der Waals surface area contributed by atoms with E-state index in [1.165, 1.54) is 7.11 Å². The summed E-state index contributed by atoms with van der Waals surface area (Å²) in [6, 6.07) is 9.28. The first kappa shape index (κ1) is 19.2. The zero-order chi connectivity index (χ0) is 18.4. The van der Waals surface area contributed by atoms with Gasteiger partial charge in [0.15, 0.2) is 0 Å². The Morgan fingerprint density at radius 3 is 2.28 bits per heavy atom. The quantitative estimate of drug-likeness (QED) is 0.848. The molecule has 6 heteroatoms. The van der Waals surface area contributed by atoms with Gasteiger partial charge in [0.1, 0.15) is 11.6 Å². The maximum absolute atomic E-state index is 12.3. The Bertz CT molecular complexity index is 575. The predicted octanol–water partition coefficient (Wildman–Crippen LogP) is 2.89. The number of ether oxygens (including phenoxy) is 2. The number of carbonyl (C=O) groups excluding carboxylic acids is 2. The summed E-state index contributed by atoms with van der Waals surface area (Å²) in [6.07, 6.45) is 1.14. The normalized spacial score (nSPS) is 17.6. The van der Waals surface area contributed by atoms with Crippen LogP contribution in [0, 0.1) is 0 Å². The molecule has 0 aliphatic carbocycles. The van der Waals surface area contributed by atoms with Gasteiger partial charge in [-0.05, 0) is 39.2 Å². The molecule has 0 bridgehead atoms.